The molecule has 19 heteroatoms. The Balaban J connectivity index is 0.000000136. The number of fused-ring (bicyclic) bond motifs is 13. The van der Waals surface area contributed by atoms with E-state index in [1.807, 2.05) is 116 Å². The molecule has 0 unspecified atom stereocenters. The molecule has 2 N–H and O–H groups in total. The molecule has 0 aliphatic heterocycles. The third-order valence-electron chi connectivity index (χ3n) is 22.2. The lowest BCUT2D eigenvalue weighted by atomic mass is 9.77. The van der Waals surface area contributed by atoms with Crippen molar-refractivity contribution in [2.45, 2.75) is 0 Å². The van der Waals surface area contributed by atoms with Gasteiger partial charge in [-0.2, -0.15) is 0 Å². The molecule has 0 radical (unpaired) electrons. The predicted molar refractivity (Wildman–Crippen MR) is 490 cm³/mol. The third-order valence-corrected chi connectivity index (χ3v) is 22.7. The predicted octanol–water partition coefficient (Wildman–Crippen LogP) is 23.3. The zero-order chi connectivity index (χ0) is 81.0. The first-order valence-corrected chi connectivity index (χ1v) is 39.9. The van der Waals surface area contributed by atoms with Crippen LogP contribution in [0.15, 0.2) is 360 Å². The first-order valence-electron chi connectivity index (χ1n) is 39.1. The maximum absolute atomic E-state index is 9.34. The molecule has 0 saturated carbocycles. The average Bonchev–Trinajstić information content (AvgIpc) is 0.724. The molecule has 0 aliphatic rings. The van der Waals surface area contributed by atoms with Crippen LogP contribution in [0.4, 0.5) is 0 Å². The maximum atomic E-state index is 9.34. The minimum Gasteiger partial charge on any atom is -0.423 e. The van der Waals surface area contributed by atoms with E-state index < -0.39 is 7.12 Å². The minimum atomic E-state index is -1.47. The van der Waals surface area contributed by atoms with Crippen molar-refractivity contribution in [3.63, 3.8) is 0 Å². The molecule has 11 heterocycles. The fourth-order valence-electron chi connectivity index (χ4n) is 16.8. The van der Waals surface area contributed by atoms with E-state index in [1.165, 1.54) is 0 Å². The van der Waals surface area contributed by atoms with Crippen LogP contribution in [0, 0.1) is 0 Å². The van der Waals surface area contributed by atoms with Gasteiger partial charge in [-0.25, -0.2) is 19.9 Å². The molecule has 0 atom stereocenters. The topological polar surface area (TPSA) is 221 Å². The Morgan fingerprint density at radius 3 is 1.09 bits per heavy atom. The normalized spacial score (nSPS) is 11.5. The van der Waals surface area contributed by atoms with Crippen LogP contribution in [0.3, 0.4) is 0 Å². The van der Waals surface area contributed by atoms with Gasteiger partial charge in [0, 0.05) is 179 Å². The van der Waals surface area contributed by atoms with E-state index in [4.69, 9.17) is 43.1 Å². The van der Waals surface area contributed by atoms with Crippen molar-refractivity contribution in [1.82, 2.24) is 69.8 Å². The summed E-state index contributed by atoms with van der Waals surface area (Å²) >= 11 is 12.7. The lowest BCUT2D eigenvalue weighted by molar-refractivity contribution is 0.426. The van der Waals surface area contributed by atoms with Crippen molar-refractivity contribution >= 4 is 155 Å². The summed E-state index contributed by atoms with van der Waals surface area (Å²) in [5.74, 6) is 0. The summed E-state index contributed by atoms with van der Waals surface area (Å²) in [6.07, 6.45) is 28.3. The Bertz CT molecular complexity index is 7620. The minimum absolute atomic E-state index is 0.503. The van der Waals surface area contributed by atoms with Gasteiger partial charge in [-0.15, -0.1) is 0 Å². The fourth-order valence-corrected chi connectivity index (χ4v) is 17.1. The molecule has 23 rings (SSSR count). The second kappa shape index (κ2) is 31.2. The lowest BCUT2D eigenvalue weighted by Crippen LogP contribution is -2.30. The van der Waals surface area contributed by atoms with Gasteiger partial charge in [0.25, 0.3) is 0 Å². The molecule has 12 aromatic carbocycles. The highest BCUT2D eigenvalue weighted by Crippen LogP contribution is 2.47. The van der Waals surface area contributed by atoms with Gasteiger partial charge in [0.2, 0.25) is 0 Å². The molecule has 11 aromatic heterocycles. The van der Waals surface area contributed by atoms with Crippen LogP contribution >= 0.6 is 23.2 Å². The van der Waals surface area contributed by atoms with Gasteiger partial charge in [0.15, 0.2) is 0 Å². The lowest BCUT2D eigenvalue weighted by Gasteiger charge is -2.17. The first-order chi connectivity index (χ1) is 59.6. The third kappa shape index (κ3) is 13.7. The second-order valence-corrected chi connectivity index (χ2v) is 30.2. The number of nitrogens with zero attached hydrogens (tertiary/aromatic N) is 14. The quantitative estimate of drug-likeness (QED) is 0.0738. The van der Waals surface area contributed by atoms with Crippen LogP contribution in [0.2, 0.25) is 10.0 Å². The highest BCUT2D eigenvalue weighted by atomic mass is 35.5. The van der Waals surface area contributed by atoms with Crippen LogP contribution in [-0.2, 0) is 0 Å². The Morgan fingerprint density at radius 1 is 0.223 bits per heavy atom. The van der Waals surface area contributed by atoms with Gasteiger partial charge < -0.3 is 10.0 Å². The van der Waals surface area contributed by atoms with E-state index in [2.05, 4.69) is 214 Å². The van der Waals surface area contributed by atoms with Crippen molar-refractivity contribution < 1.29 is 10.0 Å². The van der Waals surface area contributed by atoms with Gasteiger partial charge in [-0.05, 0) is 132 Å². The molecule has 0 spiro atoms. The second-order valence-electron chi connectivity index (χ2n) is 29.3. The van der Waals surface area contributed by atoms with E-state index >= 15 is 0 Å². The SMILES string of the molecule is Clc1ccc2c(-c3cccnc3)c3ccc4c(-c5ccccc5)c5ncc(Cl)cc5nc4c3nc2c1.OB(O)c1cccc2cc(-c3cnccn3)ccc12.c1cncc(-c2c3ccc(-c4cccc5ccc(-c6cnccn6)cc45)cc3nc3c2ccc2c(-c4cccnc4)c4ccc(-c5cccc6ccc(-c7cnccn7)cc56)cc4nc23)c1. The van der Waals surface area contributed by atoms with Crippen molar-refractivity contribution in [2.24, 2.45) is 0 Å². The van der Waals surface area contributed by atoms with E-state index in [1.54, 1.807) is 80.3 Å². The summed E-state index contributed by atoms with van der Waals surface area (Å²) in [5.41, 5.74) is 25.8. The van der Waals surface area contributed by atoms with Gasteiger partial charge in [-0.3, -0.25) is 49.8 Å². The molecule has 0 fully saturated rings. The van der Waals surface area contributed by atoms with Gasteiger partial charge >= 0.3 is 7.12 Å². The first kappa shape index (κ1) is 73.2. The Labute approximate surface area is 701 Å². The Hall–Kier alpha value is -15.5. The molecule has 23 aromatic rings. The van der Waals surface area contributed by atoms with E-state index in [0.29, 0.717) is 15.5 Å². The summed E-state index contributed by atoms with van der Waals surface area (Å²) in [6, 6.07) is 89.0. The summed E-state index contributed by atoms with van der Waals surface area (Å²) in [4.78, 5) is 65.7. The number of benzene rings is 12. The van der Waals surface area contributed by atoms with Crippen LogP contribution in [-0.4, -0.2) is 86.9 Å². The van der Waals surface area contributed by atoms with Crippen LogP contribution in [0.5, 0.6) is 0 Å². The van der Waals surface area contributed by atoms with E-state index in [-0.39, 0.29) is 0 Å². The number of hydrogen-bond acceptors (Lipinski definition) is 16. The molecule has 0 aliphatic carbocycles. The largest absolute Gasteiger partial charge is 0.489 e. The molecule has 0 bridgehead atoms. The number of halogens is 2. The number of rotatable bonds is 10. The van der Waals surface area contributed by atoms with Crippen LogP contribution in [0.25, 0.3) is 220 Å². The summed E-state index contributed by atoms with van der Waals surface area (Å²) in [6.45, 7) is 0. The van der Waals surface area contributed by atoms with Crippen LogP contribution < -0.4 is 5.46 Å². The smallest absolute Gasteiger partial charge is 0.423 e. The van der Waals surface area contributed by atoms with Crippen molar-refractivity contribution in [3.05, 3.63) is 370 Å². The fraction of sp³-hybridized carbons (Fsp3) is 0. The summed E-state index contributed by atoms with van der Waals surface area (Å²) in [7, 11) is -1.47. The molecule has 121 heavy (non-hydrogen) atoms. The van der Waals surface area contributed by atoms with E-state index in [0.717, 1.165) is 220 Å². The van der Waals surface area contributed by atoms with E-state index in [9.17, 15) is 10.0 Å². The monoisotopic (exact) mass is 1590 g/mol. The van der Waals surface area contributed by atoms with Gasteiger partial charge in [-0.1, -0.05) is 217 Å². The molecule has 0 amide bonds. The van der Waals surface area contributed by atoms with Crippen molar-refractivity contribution in [2.75, 3.05) is 0 Å². The molecule has 0 saturated heterocycles. The van der Waals surface area contributed by atoms with Crippen molar-refractivity contribution in [1.29, 1.82) is 0 Å². The standard InChI is InChI=1S/C58H34N8.C30H16Cl2N4.C14H11BN2O2/c1-5-35-11-13-39(53-33-61-23-25-63-53)27-49(35)43(9-1)37-15-17-45-51(29-37)65-57-47(55(45)41-7-3-21-59-31-41)19-20-48-56(42-8-4-22-60-32-42)46-18-16-38(30-52(46)66-58(48)57)44-10-2-6-36-12-14-40(28-50(36)44)54-34-62-24-26-64-54;31-19-8-9-21-24(13-19)35-28-22(26(21)18-7-4-12-33-15-18)10-11-23-27(17-5-2-1-3-6-17)30-25(36-29(23)28)14-20(32)16-34-30;18-15(19)13-3-1-2-10-8-11(4-5-12(10)13)14-9-16-6-7-17-14/h1-34H;1-16H;1-9,18-19H. The molecule has 16 nitrogen and oxygen atoms in total. The van der Waals surface area contributed by atoms with Crippen molar-refractivity contribution in [3.8, 4) is 101 Å². The van der Waals surface area contributed by atoms with Gasteiger partial charge in [0.1, 0.15) is 0 Å². The number of hydrogen-bond donors (Lipinski definition) is 2. The Morgan fingerprint density at radius 2 is 0.620 bits per heavy atom. The zero-order valence-corrected chi connectivity index (χ0v) is 65.6. The molecule has 568 valence electrons. The zero-order valence-electron chi connectivity index (χ0n) is 64.1. The number of pyridine rings is 8. The highest BCUT2D eigenvalue weighted by molar-refractivity contribution is 6.62. The summed E-state index contributed by atoms with van der Waals surface area (Å²) in [5, 5.41) is 33.2. The maximum Gasteiger partial charge on any atom is 0.489 e. The highest BCUT2D eigenvalue weighted by Gasteiger charge is 2.24. The number of aromatic nitrogens is 14. The molecular formula is C102H61BCl2N14O2. The average molecular weight is 1600 g/mol. The Kier molecular flexibility index (Phi) is 18.8. The summed E-state index contributed by atoms with van der Waals surface area (Å²) < 4.78 is 0. The van der Waals surface area contributed by atoms with Gasteiger partial charge in [0.05, 0.1) is 90.3 Å². The molecular weight excluding hydrogens is 1530 g/mol. The van der Waals surface area contributed by atoms with Crippen LogP contribution in [0.1, 0.15) is 0 Å².